The Labute approximate surface area is 139 Å². The molecule has 0 saturated heterocycles. The number of rotatable bonds is 4. The van der Waals surface area contributed by atoms with Crippen LogP contribution in [-0.4, -0.2) is 16.0 Å². The van der Waals surface area contributed by atoms with Gasteiger partial charge in [-0.2, -0.15) is 0 Å². The Morgan fingerprint density at radius 1 is 1.22 bits per heavy atom. The maximum atomic E-state index is 6.09. The lowest BCUT2D eigenvalue weighted by Crippen LogP contribution is -2.08. The van der Waals surface area contributed by atoms with Gasteiger partial charge >= 0.3 is 0 Å². The van der Waals surface area contributed by atoms with E-state index in [0.717, 1.165) is 34.1 Å². The van der Waals surface area contributed by atoms with Crippen LogP contribution in [0, 0.1) is 0 Å². The zero-order valence-electron chi connectivity index (χ0n) is 13.3. The molecule has 0 fully saturated rings. The molecule has 1 aliphatic carbocycles. The number of nitrogens with zero attached hydrogens (tertiary/aromatic N) is 2. The van der Waals surface area contributed by atoms with Crippen molar-refractivity contribution in [3.05, 3.63) is 40.5 Å². The van der Waals surface area contributed by atoms with Gasteiger partial charge in [-0.3, -0.25) is 4.40 Å². The number of fused-ring (bicyclic) bond motifs is 3. The Morgan fingerprint density at radius 3 is 2.74 bits per heavy atom. The van der Waals surface area contributed by atoms with Crippen molar-refractivity contribution in [2.45, 2.75) is 39.2 Å². The quantitative estimate of drug-likeness (QED) is 0.793. The SMILES string of the molecule is CCOc1ccc(-c2nc3sc4c(n3c2CN)CCCC4)cc1. The van der Waals surface area contributed by atoms with E-state index in [1.165, 1.54) is 29.8 Å². The van der Waals surface area contributed by atoms with E-state index in [1.807, 2.05) is 30.4 Å². The molecule has 4 nitrogen and oxygen atoms in total. The summed E-state index contributed by atoms with van der Waals surface area (Å²) in [5, 5.41) is 0. The summed E-state index contributed by atoms with van der Waals surface area (Å²) in [4.78, 5) is 7.47. The molecule has 0 radical (unpaired) electrons. The monoisotopic (exact) mass is 327 g/mol. The van der Waals surface area contributed by atoms with E-state index in [2.05, 4.69) is 16.5 Å². The fourth-order valence-electron chi connectivity index (χ4n) is 3.39. The predicted octanol–water partition coefficient (Wildman–Crippen LogP) is 3.80. The number of ether oxygens (including phenoxy) is 1. The lowest BCUT2D eigenvalue weighted by atomic mass is 10.0. The molecule has 4 rings (SSSR count). The third kappa shape index (κ3) is 2.44. The number of aromatic nitrogens is 2. The van der Waals surface area contributed by atoms with Crippen molar-refractivity contribution >= 4 is 16.3 Å². The fraction of sp³-hybridized carbons (Fsp3) is 0.389. The van der Waals surface area contributed by atoms with Crippen molar-refractivity contribution < 1.29 is 4.74 Å². The summed E-state index contributed by atoms with van der Waals surface area (Å²) in [6.45, 7) is 3.18. The summed E-state index contributed by atoms with van der Waals surface area (Å²) < 4.78 is 7.83. The van der Waals surface area contributed by atoms with E-state index < -0.39 is 0 Å². The van der Waals surface area contributed by atoms with Gasteiger partial charge in [0.25, 0.3) is 0 Å². The second-order valence-corrected chi connectivity index (χ2v) is 6.93. The molecule has 2 aromatic heterocycles. The minimum Gasteiger partial charge on any atom is -0.494 e. The molecule has 0 unspecified atom stereocenters. The first-order chi connectivity index (χ1) is 11.3. The van der Waals surface area contributed by atoms with Gasteiger partial charge in [0.05, 0.1) is 18.0 Å². The standard InChI is InChI=1S/C18H21N3OS/c1-2-22-13-9-7-12(8-10-13)17-15(11-19)21-14-5-3-4-6-16(14)23-18(21)20-17/h7-10H,2-6,11,19H2,1H3. The van der Waals surface area contributed by atoms with Gasteiger partial charge in [-0.25, -0.2) is 4.98 Å². The Hall–Kier alpha value is -1.85. The third-order valence-electron chi connectivity index (χ3n) is 4.45. The number of imidazole rings is 1. The molecule has 0 atom stereocenters. The summed E-state index contributed by atoms with van der Waals surface area (Å²) in [6.07, 6.45) is 4.88. The molecular formula is C18H21N3OS. The van der Waals surface area contributed by atoms with Gasteiger partial charge in [-0.05, 0) is 56.9 Å². The number of nitrogens with two attached hydrogens (primary N) is 1. The first-order valence-electron chi connectivity index (χ1n) is 8.27. The van der Waals surface area contributed by atoms with Crippen LogP contribution in [0.15, 0.2) is 24.3 Å². The summed E-state index contributed by atoms with van der Waals surface area (Å²) in [7, 11) is 0. The molecule has 23 heavy (non-hydrogen) atoms. The molecule has 1 aliphatic rings. The predicted molar refractivity (Wildman–Crippen MR) is 94.2 cm³/mol. The van der Waals surface area contributed by atoms with Crippen molar-refractivity contribution in [1.82, 2.24) is 9.38 Å². The van der Waals surface area contributed by atoms with Crippen LogP contribution < -0.4 is 10.5 Å². The maximum Gasteiger partial charge on any atom is 0.194 e. The number of hydrogen-bond donors (Lipinski definition) is 1. The summed E-state index contributed by atoms with van der Waals surface area (Å²) >= 11 is 1.83. The molecule has 1 aromatic carbocycles. The van der Waals surface area contributed by atoms with E-state index in [4.69, 9.17) is 15.5 Å². The molecule has 3 aromatic rings. The first kappa shape index (κ1) is 14.7. The maximum absolute atomic E-state index is 6.09. The molecular weight excluding hydrogens is 306 g/mol. The van der Waals surface area contributed by atoms with Crippen molar-refractivity contribution in [1.29, 1.82) is 0 Å². The van der Waals surface area contributed by atoms with Gasteiger partial charge in [-0.1, -0.05) is 0 Å². The largest absolute Gasteiger partial charge is 0.494 e. The smallest absolute Gasteiger partial charge is 0.194 e. The molecule has 120 valence electrons. The van der Waals surface area contributed by atoms with Crippen molar-refractivity contribution in [2.24, 2.45) is 5.73 Å². The van der Waals surface area contributed by atoms with Gasteiger partial charge in [0, 0.05) is 22.7 Å². The summed E-state index contributed by atoms with van der Waals surface area (Å²) in [5.74, 6) is 0.893. The van der Waals surface area contributed by atoms with Gasteiger partial charge in [0.1, 0.15) is 5.75 Å². The van der Waals surface area contributed by atoms with Crippen LogP contribution >= 0.6 is 11.3 Å². The second-order valence-electron chi connectivity index (χ2n) is 5.87. The Morgan fingerprint density at radius 2 is 2.00 bits per heavy atom. The van der Waals surface area contributed by atoms with Crippen LogP contribution in [0.1, 0.15) is 36.0 Å². The van der Waals surface area contributed by atoms with E-state index in [9.17, 15) is 0 Å². The molecule has 0 spiro atoms. The van der Waals surface area contributed by atoms with E-state index in [1.54, 1.807) is 0 Å². The van der Waals surface area contributed by atoms with Crippen molar-refractivity contribution in [2.75, 3.05) is 6.61 Å². The fourth-order valence-corrected chi connectivity index (χ4v) is 4.62. The summed E-state index contributed by atoms with van der Waals surface area (Å²) in [5.41, 5.74) is 10.8. The van der Waals surface area contributed by atoms with E-state index in [-0.39, 0.29) is 0 Å². The minimum absolute atomic E-state index is 0.507. The Kier molecular flexibility index (Phi) is 3.83. The van der Waals surface area contributed by atoms with Crippen LogP contribution in [0.5, 0.6) is 5.75 Å². The van der Waals surface area contributed by atoms with Gasteiger partial charge in [0.15, 0.2) is 4.96 Å². The van der Waals surface area contributed by atoms with Gasteiger partial charge in [0.2, 0.25) is 0 Å². The molecule has 0 saturated carbocycles. The Balaban J connectivity index is 1.82. The Bertz CT molecular complexity index is 832. The molecule has 2 N–H and O–H groups in total. The average molecular weight is 327 g/mol. The van der Waals surface area contributed by atoms with Crippen LogP contribution in [-0.2, 0) is 19.4 Å². The highest BCUT2D eigenvalue weighted by Crippen LogP contribution is 2.35. The van der Waals surface area contributed by atoms with Gasteiger partial charge < -0.3 is 10.5 Å². The highest BCUT2D eigenvalue weighted by molar-refractivity contribution is 7.17. The molecule has 0 aliphatic heterocycles. The highest BCUT2D eigenvalue weighted by atomic mass is 32.1. The normalized spacial score (nSPS) is 14.2. The molecule has 2 heterocycles. The topological polar surface area (TPSA) is 52.5 Å². The molecule has 5 heteroatoms. The molecule has 0 bridgehead atoms. The zero-order valence-corrected chi connectivity index (χ0v) is 14.2. The highest BCUT2D eigenvalue weighted by Gasteiger charge is 2.22. The zero-order chi connectivity index (χ0) is 15.8. The lowest BCUT2D eigenvalue weighted by molar-refractivity contribution is 0.340. The van der Waals surface area contributed by atoms with Crippen LogP contribution in [0.3, 0.4) is 0 Å². The minimum atomic E-state index is 0.507. The summed E-state index contributed by atoms with van der Waals surface area (Å²) in [6, 6.07) is 8.15. The molecule has 0 amide bonds. The van der Waals surface area contributed by atoms with Crippen molar-refractivity contribution in [3.8, 4) is 17.0 Å². The van der Waals surface area contributed by atoms with Gasteiger partial charge in [-0.15, -0.1) is 11.3 Å². The lowest BCUT2D eigenvalue weighted by Gasteiger charge is -2.12. The number of thiazole rings is 1. The van der Waals surface area contributed by atoms with E-state index >= 15 is 0 Å². The second kappa shape index (κ2) is 5.98. The third-order valence-corrected chi connectivity index (χ3v) is 5.59. The number of aryl methyl sites for hydroxylation is 2. The average Bonchev–Trinajstić information content (AvgIpc) is 3.11. The number of hydrogen-bond acceptors (Lipinski definition) is 4. The van der Waals surface area contributed by atoms with E-state index in [0.29, 0.717) is 13.2 Å². The van der Waals surface area contributed by atoms with Crippen molar-refractivity contribution in [3.63, 3.8) is 0 Å². The van der Waals surface area contributed by atoms with Crippen LogP contribution in [0.4, 0.5) is 0 Å². The number of benzene rings is 1. The van der Waals surface area contributed by atoms with Crippen LogP contribution in [0.2, 0.25) is 0 Å². The van der Waals surface area contributed by atoms with Crippen LogP contribution in [0.25, 0.3) is 16.2 Å². The first-order valence-corrected chi connectivity index (χ1v) is 9.08.